The first-order valence-corrected chi connectivity index (χ1v) is 8.53. The Labute approximate surface area is 138 Å². The number of halogens is 1. The van der Waals surface area contributed by atoms with Gasteiger partial charge in [0, 0.05) is 0 Å². The fourth-order valence-corrected chi connectivity index (χ4v) is 3.65. The molecule has 0 heterocycles. The van der Waals surface area contributed by atoms with Gasteiger partial charge in [-0.05, 0) is 61.4 Å². The zero-order valence-electron chi connectivity index (χ0n) is 14.1. The number of rotatable bonds is 5. The average Bonchev–Trinajstić information content (AvgIpc) is 2.46. The van der Waals surface area contributed by atoms with Gasteiger partial charge in [0.1, 0.15) is 5.60 Å². The van der Waals surface area contributed by atoms with Crippen LogP contribution in [0.4, 0.5) is 4.53 Å². The lowest BCUT2D eigenvalue weighted by Gasteiger charge is -2.33. The SMILES string of the molecule is Cc1ccc(C(C)(OP(O)OF)c2ccc(C)cc2C)c(C)c1. The van der Waals surface area contributed by atoms with E-state index >= 15 is 0 Å². The normalized spacial score (nSPS) is 13.2. The first kappa shape index (κ1) is 18.0. The second-order valence-corrected chi connectivity index (χ2v) is 6.86. The minimum absolute atomic E-state index is 0.869. The van der Waals surface area contributed by atoms with E-state index in [1.165, 1.54) is 0 Å². The largest absolute Gasteiger partial charge is 0.367 e. The molecule has 23 heavy (non-hydrogen) atoms. The van der Waals surface area contributed by atoms with Crippen molar-refractivity contribution in [3.05, 3.63) is 69.8 Å². The van der Waals surface area contributed by atoms with Crippen LogP contribution >= 0.6 is 8.60 Å². The lowest BCUT2D eigenvalue weighted by atomic mass is 9.82. The third-order valence-electron chi connectivity index (χ3n) is 4.11. The van der Waals surface area contributed by atoms with E-state index in [1.807, 2.05) is 71.0 Å². The fourth-order valence-electron chi connectivity index (χ4n) is 3.11. The molecular formula is C18H22FO3P. The van der Waals surface area contributed by atoms with Crippen LogP contribution in [-0.2, 0) is 14.9 Å². The number of benzene rings is 2. The van der Waals surface area contributed by atoms with Crippen molar-refractivity contribution in [2.45, 2.75) is 40.2 Å². The van der Waals surface area contributed by atoms with E-state index in [-0.39, 0.29) is 0 Å². The van der Waals surface area contributed by atoms with Crippen LogP contribution in [0.15, 0.2) is 36.4 Å². The van der Waals surface area contributed by atoms with Crippen molar-refractivity contribution >= 4 is 8.60 Å². The molecule has 2 aromatic rings. The van der Waals surface area contributed by atoms with Crippen LogP contribution in [-0.4, -0.2) is 4.89 Å². The van der Waals surface area contributed by atoms with Crippen LogP contribution < -0.4 is 0 Å². The molecule has 2 aromatic carbocycles. The molecule has 0 aromatic heterocycles. The number of hydrogen-bond donors (Lipinski definition) is 1. The molecule has 5 heteroatoms. The molecule has 0 saturated heterocycles. The Bertz CT molecular complexity index is 651. The van der Waals surface area contributed by atoms with Crippen LogP contribution in [0.25, 0.3) is 0 Å². The molecule has 0 radical (unpaired) electrons. The van der Waals surface area contributed by atoms with E-state index in [1.54, 1.807) is 0 Å². The van der Waals surface area contributed by atoms with Gasteiger partial charge >= 0.3 is 8.60 Å². The zero-order chi connectivity index (χ0) is 17.2. The van der Waals surface area contributed by atoms with Gasteiger partial charge in [0.15, 0.2) is 0 Å². The molecule has 1 N–H and O–H groups in total. The topological polar surface area (TPSA) is 38.7 Å². The van der Waals surface area contributed by atoms with E-state index in [4.69, 9.17) is 4.52 Å². The molecule has 0 aliphatic heterocycles. The summed E-state index contributed by atoms with van der Waals surface area (Å²) in [6, 6.07) is 11.9. The molecule has 0 aliphatic carbocycles. The van der Waals surface area contributed by atoms with E-state index < -0.39 is 14.2 Å². The van der Waals surface area contributed by atoms with Gasteiger partial charge in [0.05, 0.1) is 0 Å². The van der Waals surface area contributed by atoms with Crippen molar-refractivity contribution in [2.75, 3.05) is 0 Å². The summed E-state index contributed by atoms with van der Waals surface area (Å²) >= 11 is 0. The third kappa shape index (κ3) is 3.78. The van der Waals surface area contributed by atoms with Gasteiger partial charge in [-0.25, -0.2) is 0 Å². The third-order valence-corrected chi connectivity index (χ3v) is 4.75. The smallest absolute Gasteiger partial charge is 0.326 e. The predicted octanol–water partition coefficient (Wildman–Crippen LogP) is 5.32. The Balaban J connectivity index is 2.64. The van der Waals surface area contributed by atoms with Crippen molar-refractivity contribution in [3.63, 3.8) is 0 Å². The molecule has 1 atom stereocenters. The molecule has 0 aliphatic rings. The maximum atomic E-state index is 12.4. The highest BCUT2D eigenvalue weighted by atomic mass is 31.2. The summed E-state index contributed by atoms with van der Waals surface area (Å²) in [7, 11) is -2.62. The Morgan fingerprint density at radius 1 is 0.913 bits per heavy atom. The zero-order valence-corrected chi connectivity index (χ0v) is 14.9. The van der Waals surface area contributed by atoms with Gasteiger partial charge in [-0.3, -0.25) is 4.52 Å². The maximum absolute atomic E-state index is 12.4. The monoisotopic (exact) mass is 336 g/mol. The van der Waals surface area contributed by atoms with Gasteiger partial charge in [-0.1, -0.05) is 47.5 Å². The highest BCUT2D eigenvalue weighted by Crippen LogP contribution is 2.48. The van der Waals surface area contributed by atoms with Gasteiger partial charge in [0.2, 0.25) is 0 Å². The summed E-state index contributed by atoms with van der Waals surface area (Å²) in [6.07, 6.45) is 0. The van der Waals surface area contributed by atoms with Crippen molar-refractivity contribution < 1.29 is 18.7 Å². The lowest BCUT2D eigenvalue weighted by Crippen LogP contribution is -2.28. The molecule has 0 amide bonds. The predicted molar refractivity (Wildman–Crippen MR) is 90.7 cm³/mol. The van der Waals surface area contributed by atoms with E-state index in [0.717, 1.165) is 33.4 Å². The Morgan fingerprint density at radius 3 is 1.70 bits per heavy atom. The van der Waals surface area contributed by atoms with Crippen molar-refractivity contribution in [2.24, 2.45) is 0 Å². The summed E-state index contributed by atoms with van der Waals surface area (Å²) in [5.41, 5.74) is 5.00. The van der Waals surface area contributed by atoms with Gasteiger partial charge in [-0.2, -0.15) is 0 Å². The van der Waals surface area contributed by atoms with Crippen molar-refractivity contribution in [1.29, 1.82) is 0 Å². The lowest BCUT2D eigenvalue weighted by molar-refractivity contribution is -0.0442. The van der Waals surface area contributed by atoms with Crippen LogP contribution in [0.5, 0.6) is 0 Å². The molecule has 0 saturated carbocycles. The minimum atomic E-state index is -2.62. The van der Waals surface area contributed by atoms with E-state index in [2.05, 4.69) is 4.73 Å². The molecule has 124 valence electrons. The molecule has 0 fully saturated rings. The minimum Gasteiger partial charge on any atom is -0.326 e. The summed E-state index contributed by atoms with van der Waals surface area (Å²) < 4.78 is 21.6. The van der Waals surface area contributed by atoms with Crippen LogP contribution in [0.2, 0.25) is 0 Å². The van der Waals surface area contributed by atoms with Gasteiger partial charge in [-0.15, -0.1) is 4.73 Å². The van der Waals surface area contributed by atoms with Crippen LogP contribution in [0.1, 0.15) is 40.3 Å². The van der Waals surface area contributed by atoms with Crippen molar-refractivity contribution in [3.8, 4) is 0 Å². The fraction of sp³-hybridized carbons (Fsp3) is 0.333. The molecule has 0 bridgehead atoms. The molecule has 1 unspecified atom stereocenters. The van der Waals surface area contributed by atoms with E-state index in [0.29, 0.717) is 0 Å². The second kappa shape index (κ2) is 7.06. The summed E-state index contributed by atoms with van der Waals surface area (Å²) in [5.74, 6) is 0. The standard InChI is InChI=1S/C18H22FO3P/c1-12-6-8-16(14(3)10-12)18(5,21-23(20)22-19)17-9-7-13(2)11-15(17)4/h6-11,20H,1-5H3. The number of aryl methyl sites for hydroxylation is 4. The Morgan fingerprint density at radius 2 is 1.35 bits per heavy atom. The van der Waals surface area contributed by atoms with E-state index in [9.17, 15) is 9.42 Å². The second-order valence-electron chi connectivity index (χ2n) is 6.07. The molecule has 2 rings (SSSR count). The highest BCUT2D eigenvalue weighted by Gasteiger charge is 2.36. The molecule has 3 nitrogen and oxygen atoms in total. The van der Waals surface area contributed by atoms with Gasteiger partial charge < -0.3 is 4.89 Å². The summed E-state index contributed by atoms with van der Waals surface area (Å²) in [4.78, 5) is 9.65. The van der Waals surface area contributed by atoms with Gasteiger partial charge in [0.25, 0.3) is 0 Å². The summed E-state index contributed by atoms with van der Waals surface area (Å²) in [5, 5.41) is 0. The Kier molecular flexibility index (Phi) is 5.53. The molecular weight excluding hydrogens is 314 g/mol. The average molecular weight is 336 g/mol. The molecule has 0 spiro atoms. The Hall–Kier alpha value is -1.32. The van der Waals surface area contributed by atoms with Crippen LogP contribution in [0, 0.1) is 27.7 Å². The first-order valence-electron chi connectivity index (χ1n) is 7.40. The number of hydrogen-bond acceptors (Lipinski definition) is 3. The maximum Gasteiger partial charge on any atom is 0.367 e. The quantitative estimate of drug-likeness (QED) is 0.751. The highest BCUT2D eigenvalue weighted by molar-refractivity contribution is 7.40. The summed E-state index contributed by atoms with van der Waals surface area (Å²) in [6.45, 7) is 9.80. The first-order chi connectivity index (χ1) is 10.8. The van der Waals surface area contributed by atoms with Crippen molar-refractivity contribution in [1.82, 2.24) is 0 Å². The van der Waals surface area contributed by atoms with Crippen LogP contribution in [0.3, 0.4) is 0 Å².